The molecule has 2 aromatic heterocycles. The standard InChI is InChI=1S/C19H19N3O4S/c1-12-15(17(23)25-3)9-14(26-12)10-22(2)19(24)21-18-20-16(11-27-18)13-7-5-4-6-8-13/h4-9,11H,10H2,1-3H3,(H,20,21,24). The van der Waals surface area contributed by atoms with Crippen molar-refractivity contribution in [3.63, 3.8) is 0 Å². The molecular formula is C19H19N3O4S. The van der Waals surface area contributed by atoms with Gasteiger partial charge in [0, 0.05) is 18.0 Å². The molecule has 0 saturated carbocycles. The van der Waals surface area contributed by atoms with Crippen molar-refractivity contribution in [1.29, 1.82) is 0 Å². The van der Waals surface area contributed by atoms with E-state index in [1.807, 2.05) is 35.7 Å². The molecule has 3 rings (SSSR count). The van der Waals surface area contributed by atoms with Gasteiger partial charge < -0.3 is 14.1 Å². The number of aromatic nitrogens is 1. The number of nitrogens with zero attached hydrogens (tertiary/aromatic N) is 2. The molecule has 0 fully saturated rings. The Bertz CT molecular complexity index is 949. The predicted octanol–water partition coefficient (Wildman–Crippen LogP) is 4.16. The second-order valence-corrected chi connectivity index (χ2v) is 6.72. The zero-order chi connectivity index (χ0) is 19.4. The van der Waals surface area contributed by atoms with Crippen molar-refractivity contribution in [2.75, 3.05) is 19.5 Å². The first-order valence-corrected chi connectivity index (χ1v) is 9.06. The monoisotopic (exact) mass is 385 g/mol. The minimum absolute atomic E-state index is 0.209. The zero-order valence-corrected chi connectivity index (χ0v) is 16.0. The van der Waals surface area contributed by atoms with Crippen LogP contribution < -0.4 is 5.32 Å². The van der Waals surface area contributed by atoms with Crippen molar-refractivity contribution in [1.82, 2.24) is 9.88 Å². The number of benzene rings is 1. The van der Waals surface area contributed by atoms with Gasteiger partial charge in [0.1, 0.15) is 17.1 Å². The summed E-state index contributed by atoms with van der Waals surface area (Å²) in [5.41, 5.74) is 2.15. The van der Waals surface area contributed by atoms with E-state index in [1.54, 1.807) is 20.0 Å². The molecule has 1 N–H and O–H groups in total. The number of amides is 2. The van der Waals surface area contributed by atoms with Crippen molar-refractivity contribution in [3.8, 4) is 11.3 Å². The summed E-state index contributed by atoms with van der Waals surface area (Å²) in [5.74, 6) is 0.485. The Kier molecular flexibility index (Phi) is 5.56. The lowest BCUT2D eigenvalue weighted by molar-refractivity contribution is 0.0598. The molecule has 27 heavy (non-hydrogen) atoms. The lowest BCUT2D eigenvalue weighted by atomic mass is 10.2. The Labute approximate surface area is 160 Å². The van der Waals surface area contributed by atoms with Gasteiger partial charge in [-0.1, -0.05) is 30.3 Å². The molecule has 7 nitrogen and oxygen atoms in total. The number of ether oxygens (including phenoxy) is 1. The van der Waals surface area contributed by atoms with Crippen molar-refractivity contribution in [3.05, 3.63) is 58.9 Å². The largest absolute Gasteiger partial charge is 0.465 e. The van der Waals surface area contributed by atoms with E-state index in [-0.39, 0.29) is 12.6 Å². The van der Waals surface area contributed by atoms with E-state index in [1.165, 1.54) is 23.3 Å². The van der Waals surface area contributed by atoms with Crippen molar-refractivity contribution >= 4 is 28.5 Å². The fourth-order valence-electron chi connectivity index (χ4n) is 2.50. The SMILES string of the molecule is COC(=O)c1cc(CN(C)C(=O)Nc2nc(-c3ccccc3)cs2)oc1C. The fourth-order valence-corrected chi connectivity index (χ4v) is 3.21. The van der Waals surface area contributed by atoms with Crippen LogP contribution in [0, 0.1) is 6.92 Å². The molecule has 1 aromatic carbocycles. The number of hydrogen-bond acceptors (Lipinski definition) is 6. The highest BCUT2D eigenvalue weighted by Crippen LogP contribution is 2.25. The predicted molar refractivity (Wildman–Crippen MR) is 103 cm³/mol. The third kappa shape index (κ3) is 4.35. The Morgan fingerprint density at radius 2 is 2.04 bits per heavy atom. The van der Waals surface area contributed by atoms with Crippen LogP contribution in [0.15, 0.2) is 46.2 Å². The Hall–Kier alpha value is -3.13. The molecule has 0 bridgehead atoms. The van der Waals surface area contributed by atoms with Gasteiger partial charge in [-0.3, -0.25) is 5.32 Å². The molecule has 0 spiro atoms. The Morgan fingerprint density at radius 3 is 2.74 bits per heavy atom. The van der Waals surface area contributed by atoms with Crippen LogP contribution in [0.2, 0.25) is 0 Å². The van der Waals surface area contributed by atoms with Crippen molar-refractivity contribution in [2.24, 2.45) is 0 Å². The van der Waals surface area contributed by atoms with Crippen molar-refractivity contribution in [2.45, 2.75) is 13.5 Å². The summed E-state index contributed by atoms with van der Waals surface area (Å²) in [7, 11) is 2.95. The highest BCUT2D eigenvalue weighted by molar-refractivity contribution is 7.14. The van der Waals surface area contributed by atoms with Crippen LogP contribution in [-0.4, -0.2) is 36.0 Å². The van der Waals surface area contributed by atoms with E-state index < -0.39 is 5.97 Å². The Balaban J connectivity index is 1.63. The summed E-state index contributed by atoms with van der Waals surface area (Å²) < 4.78 is 10.2. The topological polar surface area (TPSA) is 84.7 Å². The summed E-state index contributed by atoms with van der Waals surface area (Å²) in [5, 5.41) is 5.17. The second kappa shape index (κ2) is 8.05. The number of methoxy groups -OCH3 is 1. The zero-order valence-electron chi connectivity index (χ0n) is 15.2. The maximum Gasteiger partial charge on any atom is 0.341 e. The van der Waals surface area contributed by atoms with Crippen LogP contribution in [0.3, 0.4) is 0 Å². The van der Waals surface area contributed by atoms with Gasteiger partial charge in [-0.2, -0.15) is 0 Å². The van der Waals surface area contributed by atoms with E-state index in [2.05, 4.69) is 10.3 Å². The number of carbonyl (C=O) groups excluding carboxylic acids is 2. The van der Waals surface area contributed by atoms with Crippen LogP contribution >= 0.6 is 11.3 Å². The molecule has 0 saturated heterocycles. The minimum Gasteiger partial charge on any atom is -0.465 e. The quantitative estimate of drug-likeness (QED) is 0.667. The van der Waals surface area contributed by atoms with Gasteiger partial charge in [0.25, 0.3) is 0 Å². The van der Waals surface area contributed by atoms with Gasteiger partial charge in [-0.25, -0.2) is 14.6 Å². The molecule has 140 valence electrons. The molecule has 2 heterocycles. The van der Waals surface area contributed by atoms with Gasteiger partial charge in [0.2, 0.25) is 0 Å². The first-order chi connectivity index (χ1) is 13.0. The third-order valence-electron chi connectivity index (χ3n) is 3.90. The van der Waals surface area contributed by atoms with Crippen LogP contribution in [-0.2, 0) is 11.3 Å². The van der Waals surface area contributed by atoms with Crippen molar-refractivity contribution < 1.29 is 18.7 Å². The summed E-state index contributed by atoms with van der Waals surface area (Å²) in [6, 6.07) is 11.0. The number of carbonyl (C=O) groups is 2. The highest BCUT2D eigenvalue weighted by Gasteiger charge is 2.18. The minimum atomic E-state index is -0.467. The first-order valence-electron chi connectivity index (χ1n) is 8.18. The van der Waals surface area contributed by atoms with Gasteiger partial charge >= 0.3 is 12.0 Å². The number of nitrogens with one attached hydrogen (secondary N) is 1. The lowest BCUT2D eigenvalue weighted by Crippen LogP contribution is -2.30. The van der Waals surface area contributed by atoms with E-state index in [4.69, 9.17) is 9.15 Å². The molecule has 8 heteroatoms. The van der Waals surface area contributed by atoms with Gasteiger partial charge in [0.05, 0.1) is 19.3 Å². The molecule has 0 atom stereocenters. The van der Waals surface area contributed by atoms with E-state index in [0.717, 1.165) is 11.3 Å². The number of anilines is 1. The summed E-state index contributed by atoms with van der Waals surface area (Å²) in [6.45, 7) is 1.89. The fraction of sp³-hybridized carbons (Fsp3) is 0.211. The number of thiazole rings is 1. The van der Waals surface area contributed by atoms with Gasteiger partial charge in [-0.05, 0) is 13.0 Å². The molecule has 0 radical (unpaired) electrons. The average molecular weight is 385 g/mol. The Morgan fingerprint density at radius 1 is 1.30 bits per heavy atom. The van der Waals surface area contributed by atoms with Crippen LogP contribution in [0.5, 0.6) is 0 Å². The lowest BCUT2D eigenvalue weighted by Gasteiger charge is -2.15. The summed E-state index contributed by atoms with van der Waals surface area (Å²) in [6.07, 6.45) is 0. The first kappa shape index (κ1) is 18.7. The molecular weight excluding hydrogens is 366 g/mol. The van der Waals surface area contributed by atoms with Crippen LogP contribution in [0.1, 0.15) is 21.9 Å². The number of aryl methyl sites for hydroxylation is 1. The highest BCUT2D eigenvalue weighted by atomic mass is 32.1. The molecule has 0 aliphatic carbocycles. The maximum absolute atomic E-state index is 12.4. The molecule has 3 aromatic rings. The molecule has 2 amide bonds. The van der Waals surface area contributed by atoms with Gasteiger partial charge in [-0.15, -0.1) is 11.3 Å². The van der Waals surface area contributed by atoms with E-state index >= 15 is 0 Å². The number of urea groups is 1. The maximum atomic E-state index is 12.4. The van der Waals surface area contributed by atoms with E-state index in [9.17, 15) is 9.59 Å². The average Bonchev–Trinajstić information content (AvgIpc) is 3.28. The third-order valence-corrected chi connectivity index (χ3v) is 4.66. The summed E-state index contributed by atoms with van der Waals surface area (Å²) in [4.78, 5) is 29.9. The number of rotatable bonds is 5. The number of esters is 1. The molecule has 0 unspecified atom stereocenters. The molecule has 0 aliphatic rings. The normalized spacial score (nSPS) is 10.5. The van der Waals surface area contributed by atoms with Crippen LogP contribution in [0.4, 0.5) is 9.93 Å². The van der Waals surface area contributed by atoms with Gasteiger partial charge in [0.15, 0.2) is 5.13 Å². The summed E-state index contributed by atoms with van der Waals surface area (Å²) >= 11 is 1.36. The van der Waals surface area contributed by atoms with E-state index in [0.29, 0.717) is 22.2 Å². The molecule has 0 aliphatic heterocycles. The smallest absolute Gasteiger partial charge is 0.341 e. The van der Waals surface area contributed by atoms with Crippen LogP contribution in [0.25, 0.3) is 11.3 Å². The second-order valence-electron chi connectivity index (χ2n) is 5.86. The number of hydrogen-bond donors (Lipinski definition) is 1. The number of furan rings is 1.